The van der Waals surface area contributed by atoms with Crippen LogP contribution in [0, 0.1) is 5.82 Å². The number of amides is 1. The minimum atomic E-state index is -0.504. The second-order valence-corrected chi connectivity index (χ2v) is 4.28. The smallest absolute Gasteiger partial charge is 0.257 e. The van der Waals surface area contributed by atoms with Crippen LogP contribution < -0.4 is 5.32 Å². The highest BCUT2D eigenvalue weighted by molar-refractivity contribution is 9.10. The van der Waals surface area contributed by atoms with Crippen LogP contribution in [-0.2, 0) is 0 Å². The van der Waals surface area contributed by atoms with Gasteiger partial charge < -0.3 is 10.2 Å². The highest BCUT2D eigenvalue weighted by Crippen LogP contribution is 2.20. The van der Waals surface area contributed by atoms with Gasteiger partial charge in [-0.15, -0.1) is 12.4 Å². The molecule has 0 aliphatic carbocycles. The van der Waals surface area contributed by atoms with Gasteiger partial charge in [-0.1, -0.05) is 6.07 Å². The van der Waals surface area contributed by atoms with E-state index in [1.54, 1.807) is 26.2 Å². The van der Waals surface area contributed by atoms with Crippen molar-refractivity contribution in [3.8, 4) is 0 Å². The molecule has 3 nitrogen and oxygen atoms in total. The van der Waals surface area contributed by atoms with Crippen molar-refractivity contribution >= 4 is 34.2 Å². The van der Waals surface area contributed by atoms with Crippen molar-refractivity contribution in [2.45, 2.75) is 0 Å². The predicted molar refractivity (Wildman–Crippen MR) is 72.2 cm³/mol. The Morgan fingerprint density at radius 2 is 2.18 bits per heavy atom. The van der Waals surface area contributed by atoms with Crippen LogP contribution in [0.2, 0.25) is 0 Å². The summed E-state index contributed by atoms with van der Waals surface area (Å²) in [5, 5.41) is 2.93. The van der Waals surface area contributed by atoms with Crippen molar-refractivity contribution in [1.82, 2.24) is 10.2 Å². The van der Waals surface area contributed by atoms with Gasteiger partial charge in [-0.25, -0.2) is 4.39 Å². The molecule has 0 radical (unpaired) electrons. The van der Waals surface area contributed by atoms with Gasteiger partial charge in [0, 0.05) is 24.6 Å². The lowest BCUT2D eigenvalue weighted by atomic mass is 10.2. The number of rotatable bonds is 4. The van der Waals surface area contributed by atoms with Crippen molar-refractivity contribution in [3.05, 3.63) is 34.1 Å². The van der Waals surface area contributed by atoms with E-state index in [2.05, 4.69) is 21.2 Å². The molecule has 0 spiro atoms. The van der Waals surface area contributed by atoms with E-state index in [-0.39, 0.29) is 23.9 Å². The summed E-state index contributed by atoms with van der Waals surface area (Å²) in [7, 11) is 3.45. The van der Waals surface area contributed by atoms with E-state index < -0.39 is 5.82 Å². The fourth-order valence-electron chi connectivity index (χ4n) is 1.27. The van der Waals surface area contributed by atoms with E-state index in [1.165, 1.54) is 11.0 Å². The largest absolute Gasteiger partial charge is 0.340 e. The van der Waals surface area contributed by atoms with E-state index >= 15 is 0 Å². The molecule has 0 aliphatic heterocycles. The van der Waals surface area contributed by atoms with Crippen LogP contribution in [0.15, 0.2) is 22.7 Å². The summed E-state index contributed by atoms with van der Waals surface area (Å²) in [6, 6.07) is 4.50. The number of hydrogen-bond donors (Lipinski definition) is 1. The molecule has 0 atom stereocenters. The molecule has 1 rings (SSSR count). The number of carbonyl (C=O) groups excluding carboxylic acids is 1. The molecule has 0 heterocycles. The monoisotopic (exact) mass is 324 g/mol. The zero-order valence-electron chi connectivity index (χ0n) is 9.67. The second kappa shape index (κ2) is 7.63. The van der Waals surface area contributed by atoms with Crippen molar-refractivity contribution in [3.63, 3.8) is 0 Å². The van der Waals surface area contributed by atoms with Crippen molar-refractivity contribution in [2.24, 2.45) is 0 Å². The van der Waals surface area contributed by atoms with Crippen LogP contribution in [0.25, 0.3) is 0 Å². The molecule has 0 aliphatic rings. The Kier molecular flexibility index (Phi) is 7.34. The Morgan fingerprint density at radius 3 is 2.71 bits per heavy atom. The fourth-order valence-corrected chi connectivity index (χ4v) is 1.79. The summed E-state index contributed by atoms with van der Waals surface area (Å²) in [5.41, 5.74) is 0.0844. The van der Waals surface area contributed by atoms with Crippen LogP contribution in [0.1, 0.15) is 10.4 Å². The lowest BCUT2D eigenvalue weighted by Crippen LogP contribution is -2.33. The molecule has 1 N–H and O–H groups in total. The summed E-state index contributed by atoms with van der Waals surface area (Å²) < 4.78 is 14.0. The topological polar surface area (TPSA) is 32.3 Å². The van der Waals surface area contributed by atoms with Crippen LogP contribution in [0.3, 0.4) is 0 Å². The van der Waals surface area contributed by atoms with Gasteiger partial charge in [0.15, 0.2) is 0 Å². The number of benzene rings is 1. The molecular weight excluding hydrogens is 310 g/mol. The maximum absolute atomic E-state index is 13.5. The summed E-state index contributed by atoms with van der Waals surface area (Å²) in [5.74, 6) is -0.823. The molecule has 0 saturated carbocycles. The summed E-state index contributed by atoms with van der Waals surface area (Å²) >= 11 is 3.18. The van der Waals surface area contributed by atoms with Crippen LogP contribution in [0.4, 0.5) is 4.39 Å². The third-order valence-corrected chi connectivity index (χ3v) is 2.88. The number of halogens is 3. The molecular formula is C11H15BrClFN2O. The highest BCUT2D eigenvalue weighted by Gasteiger charge is 2.18. The first-order valence-corrected chi connectivity index (χ1v) is 5.71. The standard InChI is InChI=1S/C11H14BrFN2O.ClH/c1-14-6-7-15(2)11(16)10-8(12)4-3-5-9(10)13;/h3-5,14H,6-7H2,1-2H3;1H. The van der Waals surface area contributed by atoms with Gasteiger partial charge in [0.2, 0.25) is 0 Å². The van der Waals surface area contributed by atoms with Gasteiger partial charge in [0.05, 0.1) is 5.56 Å². The summed E-state index contributed by atoms with van der Waals surface area (Å²) in [4.78, 5) is 13.4. The third-order valence-electron chi connectivity index (χ3n) is 2.22. The average Bonchev–Trinajstić information content (AvgIpc) is 2.25. The first kappa shape index (κ1) is 16.4. The van der Waals surface area contributed by atoms with E-state index in [0.29, 0.717) is 17.6 Å². The zero-order chi connectivity index (χ0) is 12.1. The molecule has 6 heteroatoms. The summed E-state index contributed by atoms with van der Waals surface area (Å²) in [6.07, 6.45) is 0. The molecule has 0 saturated heterocycles. The highest BCUT2D eigenvalue weighted by atomic mass is 79.9. The molecule has 1 amide bonds. The third kappa shape index (κ3) is 4.26. The Balaban J connectivity index is 0.00000256. The van der Waals surface area contributed by atoms with Gasteiger partial charge >= 0.3 is 0 Å². The van der Waals surface area contributed by atoms with Gasteiger partial charge in [-0.3, -0.25) is 4.79 Å². The minimum Gasteiger partial charge on any atom is -0.340 e. The molecule has 0 bridgehead atoms. The Bertz CT molecular complexity index is 369. The molecule has 1 aromatic rings. The number of nitrogens with zero attached hydrogens (tertiary/aromatic N) is 1. The molecule has 0 aromatic heterocycles. The van der Waals surface area contributed by atoms with E-state index in [1.807, 2.05) is 0 Å². The van der Waals surface area contributed by atoms with Crippen LogP contribution in [-0.4, -0.2) is 38.0 Å². The van der Waals surface area contributed by atoms with Gasteiger partial charge in [0.1, 0.15) is 5.82 Å². The first-order valence-electron chi connectivity index (χ1n) is 4.92. The van der Waals surface area contributed by atoms with Crippen molar-refractivity contribution in [1.29, 1.82) is 0 Å². The maximum Gasteiger partial charge on any atom is 0.257 e. The second-order valence-electron chi connectivity index (χ2n) is 3.43. The SMILES string of the molecule is CNCCN(C)C(=O)c1c(F)cccc1Br.Cl. The van der Waals surface area contributed by atoms with E-state index in [0.717, 1.165) is 0 Å². The molecule has 0 fully saturated rings. The minimum absolute atomic E-state index is 0. The van der Waals surface area contributed by atoms with Crippen molar-refractivity contribution < 1.29 is 9.18 Å². The molecule has 17 heavy (non-hydrogen) atoms. The lowest BCUT2D eigenvalue weighted by molar-refractivity contribution is 0.0791. The first-order chi connectivity index (χ1) is 7.57. The lowest BCUT2D eigenvalue weighted by Gasteiger charge is -2.18. The van der Waals surface area contributed by atoms with Crippen LogP contribution >= 0.6 is 28.3 Å². The van der Waals surface area contributed by atoms with Crippen LogP contribution in [0.5, 0.6) is 0 Å². The average molecular weight is 326 g/mol. The quantitative estimate of drug-likeness (QED) is 0.921. The normalized spacial score (nSPS) is 9.65. The molecule has 0 unspecified atom stereocenters. The van der Waals surface area contributed by atoms with E-state index in [4.69, 9.17) is 0 Å². The number of nitrogens with one attached hydrogen (secondary N) is 1. The zero-order valence-corrected chi connectivity index (χ0v) is 12.1. The Labute approximate surface area is 115 Å². The summed E-state index contributed by atoms with van der Waals surface area (Å²) in [6.45, 7) is 1.21. The Morgan fingerprint density at radius 1 is 1.53 bits per heavy atom. The molecule has 1 aromatic carbocycles. The van der Waals surface area contributed by atoms with Crippen molar-refractivity contribution in [2.75, 3.05) is 27.2 Å². The number of likely N-dealkylation sites (N-methyl/N-ethyl adjacent to an activating group) is 2. The maximum atomic E-state index is 13.5. The molecule has 96 valence electrons. The van der Waals surface area contributed by atoms with Gasteiger partial charge in [0.25, 0.3) is 5.91 Å². The Hall–Kier alpha value is -0.650. The van der Waals surface area contributed by atoms with Gasteiger partial charge in [-0.2, -0.15) is 0 Å². The van der Waals surface area contributed by atoms with Gasteiger partial charge in [-0.05, 0) is 35.1 Å². The number of carbonyl (C=O) groups is 1. The number of hydrogen-bond acceptors (Lipinski definition) is 2. The van der Waals surface area contributed by atoms with E-state index in [9.17, 15) is 9.18 Å². The predicted octanol–water partition coefficient (Wildman–Crippen LogP) is 2.30. The fraction of sp³-hybridized carbons (Fsp3) is 0.364.